The summed E-state index contributed by atoms with van der Waals surface area (Å²) in [5, 5.41) is 0. The quantitative estimate of drug-likeness (QED) is 0.704. The Morgan fingerprint density at radius 3 is 2.26 bits per heavy atom. The molecule has 1 aromatic rings. The van der Waals surface area contributed by atoms with E-state index in [9.17, 15) is 4.39 Å². The molecule has 23 heavy (non-hydrogen) atoms. The second-order valence-electron chi connectivity index (χ2n) is 7.32. The molecule has 0 N–H and O–H groups in total. The maximum atomic E-state index is 14.0. The Bertz CT molecular complexity index is 608. The van der Waals surface area contributed by atoms with Crippen LogP contribution in [0.3, 0.4) is 0 Å². The van der Waals surface area contributed by atoms with Crippen LogP contribution in [-0.4, -0.2) is 18.3 Å². The number of hydrogen-bond donors (Lipinski definition) is 0. The average molecular weight is 316 g/mol. The molecule has 0 amide bonds. The molecule has 1 aliphatic heterocycles. The summed E-state index contributed by atoms with van der Waals surface area (Å²) in [7, 11) is -0.269. The van der Waals surface area contributed by atoms with Crippen LogP contribution in [0, 0.1) is 12.7 Å². The summed E-state index contributed by atoms with van der Waals surface area (Å²) in [6, 6.07) is 3.51. The molecule has 0 bridgehead atoms. The van der Waals surface area contributed by atoms with E-state index >= 15 is 0 Å². The Balaban J connectivity index is 2.14. The summed E-state index contributed by atoms with van der Waals surface area (Å²) in [6.45, 7) is 15.7. The highest BCUT2D eigenvalue weighted by Gasteiger charge is 2.50. The first kappa shape index (κ1) is 18.0. The molecule has 124 valence electrons. The second-order valence-corrected chi connectivity index (χ2v) is 7.32. The molecule has 2 rings (SSSR count). The Hall–Kier alpha value is -1.39. The number of halogens is 1. The van der Waals surface area contributed by atoms with Gasteiger partial charge in [-0.1, -0.05) is 30.4 Å². The summed E-state index contributed by atoms with van der Waals surface area (Å²) >= 11 is 0. The molecular weight excluding hydrogens is 290 g/mol. The number of allylic oxidation sites excluding steroid dienone is 1. The van der Waals surface area contributed by atoms with E-state index in [-0.39, 0.29) is 24.1 Å². The van der Waals surface area contributed by atoms with Gasteiger partial charge in [0.2, 0.25) is 0 Å². The van der Waals surface area contributed by atoms with Gasteiger partial charge in [-0.2, -0.15) is 0 Å². The van der Waals surface area contributed by atoms with Crippen molar-refractivity contribution in [3.05, 3.63) is 46.8 Å². The van der Waals surface area contributed by atoms with Crippen molar-refractivity contribution < 1.29 is 13.7 Å². The molecule has 0 radical (unpaired) electrons. The Labute approximate surface area is 139 Å². The van der Waals surface area contributed by atoms with Gasteiger partial charge < -0.3 is 9.31 Å². The number of aryl methyl sites for hydroxylation is 1. The Morgan fingerprint density at radius 2 is 1.78 bits per heavy atom. The van der Waals surface area contributed by atoms with E-state index in [2.05, 4.69) is 6.58 Å². The smallest absolute Gasteiger partial charge is 0.403 e. The highest BCUT2D eigenvalue weighted by molar-refractivity contribution is 6.46. The van der Waals surface area contributed by atoms with Gasteiger partial charge in [0, 0.05) is 11.9 Å². The molecule has 1 fully saturated rings. The standard InChI is InChI=1S/C19H26BFO2/c1-8-16-14(3)10-15(11-17(16)21)9-13(2)12-20-22-18(4,5)19(6,7)23-20/h8-11H,1,12H2,2-7H3/b13-9+. The third-order valence-corrected chi connectivity index (χ3v) is 4.77. The lowest BCUT2D eigenvalue weighted by Gasteiger charge is -2.32. The van der Waals surface area contributed by atoms with Gasteiger partial charge in [-0.25, -0.2) is 4.39 Å². The normalized spacial score (nSPS) is 20.0. The lowest BCUT2D eigenvalue weighted by atomic mass is 9.80. The minimum absolute atomic E-state index is 0.241. The molecule has 0 spiro atoms. The van der Waals surface area contributed by atoms with Crippen LogP contribution < -0.4 is 0 Å². The van der Waals surface area contributed by atoms with Crippen LogP contribution in [0.1, 0.15) is 51.3 Å². The van der Waals surface area contributed by atoms with Crippen molar-refractivity contribution in [3.8, 4) is 0 Å². The zero-order valence-corrected chi connectivity index (χ0v) is 15.0. The predicted molar refractivity (Wildman–Crippen MR) is 95.8 cm³/mol. The number of hydrogen-bond acceptors (Lipinski definition) is 2. The van der Waals surface area contributed by atoms with Gasteiger partial charge in [0.25, 0.3) is 0 Å². The lowest BCUT2D eigenvalue weighted by Crippen LogP contribution is -2.41. The molecule has 1 aromatic carbocycles. The van der Waals surface area contributed by atoms with Crippen molar-refractivity contribution in [1.29, 1.82) is 0 Å². The van der Waals surface area contributed by atoms with Gasteiger partial charge in [0.1, 0.15) is 5.82 Å². The van der Waals surface area contributed by atoms with Crippen LogP contribution in [0.2, 0.25) is 6.32 Å². The molecule has 0 saturated carbocycles. The third-order valence-electron chi connectivity index (χ3n) is 4.77. The van der Waals surface area contributed by atoms with E-state index in [0.29, 0.717) is 11.9 Å². The van der Waals surface area contributed by atoms with Gasteiger partial charge in [-0.3, -0.25) is 0 Å². The van der Waals surface area contributed by atoms with Crippen molar-refractivity contribution >= 4 is 19.3 Å². The fourth-order valence-corrected chi connectivity index (χ4v) is 2.78. The SMILES string of the molecule is C=Cc1c(C)cc(/C=C(\C)CB2OC(C)(C)C(C)(C)O2)cc1F. The topological polar surface area (TPSA) is 18.5 Å². The Kier molecular flexibility index (Phi) is 4.88. The van der Waals surface area contributed by atoms with Crippen molar-refractivity contribution in [1.82, 2.24) is 0 Å². The zero-order valence-electron chi connectivity index (χ0n) is 15.0. The van der Waals surface area contributed by atoms with Gasteiger partial charge in [-0.15, -0.1) is 0 Å². The van der Waals surface area contributed by atoms with E-state index in [0.717, 1.165) is 16.7 Å². The highest BCUT2D eigenvalue weighted by Crippen LogP contribution is 2.38. The van der Waals surface area contributed by atoms with Crippen LogP contribution >= 0.6 is 0 Å². The van der Waals surface area contributed by atoms with Crippen molar-refractivity contribution in [2.24, 2.45) is 0 Å². The maximum Gasteiger partial charge on any atom is 0.462 e. The van der Waals surface area contributed by atoms with Crippen LogP contribution in [0.15, 0.2) is 24.3 Å². The first-order valence-electron chi connectivity index (χ1n) is 8.01. The minimum atomic E-state index is -0.327. The van der Waals surface area contributed by atoms with E-state index < -0.39 is 0 Å². The minimum Gasteiger partial charge on any atom is -0.403 e. The predicted octanol–water partition coefficient (Wildman–Crippen LogP) is 5.27. The zero-order chi connectivity index (χ0) is 17.4. The van der Waals surface area contributed by atoms with Gasteiger partial charge in [0.05, 0.1) is 11.2 Å². The van der Waals surface area contributed by atoms with E-state index in [1.165, 1.54) is 6.07 Å². The molecule has 0 aromatic heterocycles. The first-order valence-corrected chi connectivity index (χ1v) is 8.01. The van der Waals surface area contributed by atoms with Crippen molar-refractivity contribution in [2.45, 2.75) is 59.1 Å². The van der Waals surface area contributed by atoms with Gasteiger partial charge in [-0.05, 0) is 58.7 Å². The molecule has 0 unspecified atom stereocenters. The molecule has 0 aliphatic carbocycles. The van der Waals surface area contributed by atoms with E-state index in [4.69, 9.17) is 9.31 Å². The largest absolute Gasteiger partial charge is 0.462 e. The average Bonchev–Trinajstić information content (AvgIpc) is 2.56. The molecule has 1 saturated heterocycles. The van der Waals surface area contributed by atoms with Crippen LogP contribution in [-0.2, 0) is 9.31 Å². The fraction of sp³-hybridized carbons (Fsp3) is 0.474. The van der Waals surface area contributed by atoms with E-state index in [1.807, 2.05) is 53.7 Å². The summed E-state index contributed by atoms with van der Waals surface area (Å²) < 4.78 is 26.0. The second kappa shape index (κ2) is 6.25. The molecular formula is C19H26BFO2. The van der Waals surface area contributed by atoms with Crippen molar-refractivity contribution in [2.75, 3.05) is 0 Å². The molecule has 4 heteroatoms. The summed E-state index contributed by atoms with van der Waals surface area (Å²) in [5.41, 5.74) is 2.73. The van der Waals surface area contributed by atoms with E-state index in [1.54, 1.807) is 6.08 Å². The van der Waals surface area contributed by atoms with Gasteiger partial charge >= 0.3 is 7.12 Å². The van der Waals surface area contributed by atoms with Gasteiger partial charge in [0.15, 0.2) is 0 Å². The van der Waals surface area contributed by atoms with Crippen LogP contribution in [0.5, 0.6) is 0 Å². The molecule has 1 aliphatic rings. The van der Waals surface area contributed by atoms with Crippen LogP contribution in [0.4, 0.5) is 4.39 Å². The summed E-state index contributed by atoms with van der Waals surface area (Å²) in [6.07, 6.45) is 4.19. The number of benzene rings is 1. The highest BCUT2D eigenvalue weighted by atomic mass is 19.1. The Morgan fingerprint density at radius 1 is 1.22 bits per heavy atom. The van der Waals surface area contributed by atoms with Crippen LogP contribution in [0.25, 0.3) is 12.2 Å². The van der Waals surface area contributed by atoms with Crippen molar-refractivity contribution in [3.63, 3.8) is 0 Å². The number of rotatable bonds is 4. The summed E-state index contributed by atoms with van der Waals surface area (Å²) in [4.78, 5) is 0. The molecule has 1 heterocycles. The third kappa shape index (κ3) is 3.76. The maximum absolute atomic E-state index is 14.0. The first-order chi connectivity index (χ1) is 10.6. The monoisotopic (exact) mass is 316 g/mol. The lowest BCUT2D eigenvalue weighted by molar-refractivity contribution is 0.00578. The molecule has 2 nitrogen and oxygen atoms in total. The summed E-state index contributed by atoms with van der Waals surface area (Å²) in [5.74, 6) is -0.241. The fourth-order valence-electron chi connectivity index (χ4n) is 2.78. The molecule has 0 atom stereocenters.